The smallest absolute Gasteiger partial charge is 0.254 e. The number of carbonyl (C=O) groups is 1. The molecule has 1 aliphatic heterocycles. The van der Waals surface area contributed by atoms with E-state index in [0.29, 0.717) is 11.6 Å². The Kier molecular flexibility index (Phi) is 2.95. The van der Waals surface area contributed by atoms with Crippen LogP contribution in [0, 0.1) is 13.8 Å². The van der Waals surface area contributed by atoms with Crippen LogP contribution >= 0.6 is 0 Å². The van der Waals surface area contributed by atoms with Crippen molar-refractivity contribution in [2.45, 2.75) is 20.3 Å². The Morgan fingerprint density at radius 3 is 2.65 bits per heavy atom. The summed E-state index contributed by atoms with van der Waals surface area (Å²) in [5.41, 5.74) is 5.25. The number of hydrogen-bond donors (Lipinski definition) is 1. The van der Waals surface area contributed by atoms with Crippen molar-refractivity contribution in [2.75, 3.05) is 12.1 Å². The zero-order valence-electron chi connectivity index (χ0n) is 10.0. The molecule has 0 unspecified atom stereocenters. The van der Waals surface area contributed by atoms with Crippen LogP contribution in [0.5, 0.6) is 0 Å². The predicted octanol–water partition coefficient (Wildman–Crippen LogP) is 0.823. The van der Waals surface area contributed by atoms with Crippen LogP contribution in [0.3, 0.4) is 0 Å². The minimum atomic E-state index is -0.0988. The zero-order chi connectivity index (χ0) is 12.4. The molecule has 1 aromatic heterocycles. The second-order valence-corrected chi connectivity index (χ2v) is 3.85. The second kappa shape index (κ2) is 4.40. The van der Waals surface area contributed by atoms with E-state index in [9.17, 15) is 4.79 Å². The minimum absolute atomic E-state index is 0.0988. The van der Waals surface area contributed by atoms with Gasteiger partial charge in [-0.1, -0.05) is 0 Å². The van der Waals surface area contributed by atoms with E-state index < -0.39 is 0 Å². The number of hydrogen-bond acceptors (Lipinski definition) is 5. The normalized spacial score (nSPS) is 17.5. The van der Waals surface area contributed by atoms with Crippen LogP contribution in [0.25, 0.3) is 0 Å². The third kappa shape index (κ3) is 2.35. The van der Waals surface area contributed by atoms with E-state index in [4.69, 9.17) is 4.74 Å². The Hall–Kier alpha value is -2.11. The number of hydrazine groups is 1. The van der Waals surface area contributed by atoms with Crippen LogP contribution in [0.4, 0.5) is 5.95 Å². The lowest BCUT2D eigenvalue weighted by Gasteiger charge is -2.14. The lowest BCUT2D eigenvalue weighted by molar-refractivity contribution is -0.117. The molecule has 0 aromatic carbocycles. The average Bonchev–Trinajstić information content (AvgIpc) is 2.58. The summed E-state index contributed by atoms with van der Waals surface area (Å²) in [6.45, 7) is 3.73. The fraction of sp³-hybridized carbons (Fsp3) is 0.364. The summed E-state index contributed by atoms with van der Waals surface area (Å²) in [4.78, 5) is 20.2. The molecule has 2 rings (SSSR count). The van der Waals surface area contributed by atoms with Crippen LogP contribution in [-0.2, 0) is 9.53 Å². The number of carbonyl (C=O) groups excluding carboxylic acids is 1. The van der Waals surface area contributed by atoms with Crippen molar-refractivity contribution in [3.8, 4) is 0 Å². The first kappa shape index (κ1) is 11.4. The van der Waals surface area contributed by atoms with Gasteiger partial charge in [0, 0.05) is 11.4 Å². The largest absolute Gasteiger partial charge is 0.502 e. The summed E-state index contributed by atoms with van der Waals surface area (Å²) >= 11 is 0. The van der Waals surface area contributed by atoms with Gasteiger partial charge in [0.1, 0.15) is 6.26 Å². The van der Waals surface area contributed by atoms with Gasteiger partial charge in [-0.25, -0.2) is 9.97 Å². The molecular weight excluding hydrogens is 220 g/mol. The minimum Gasteiger partial charge on any atom is -0.502 e. The number of aromatic nitrogens is 2. The molecule has 1 amide bonds. The molecule has 1 aliphatic rings. The van der Waals surface area contributed by atoms with E-state index in [1.165, 1.54) is 18.4 Å². The van der Waals surface area contributed by atoms with E-state index in [1.807, 2.05) is 19.9 Å². The van der Waals surface area contributed by atoms with Crippen molar-refractivity contribution in [2.24, 2.45) is 0 Å². The molecule has 2 heterocycles. The highest BCUT2D eigenvalue weighted by molar-refractivity contribution is 5.95. The van der Waals surface area contributed by atoms with Crippen LogP contribution in [-0.4, -0.2) is 23.0 Å². The molecule has 1 fully saturated rings. The van der Waals surface area contributed by atoms with Crippen molar-refractivity contribution in [3.63, 3.8) is 0 Å². The predicted molar refractivity (Wildman–Crippen MR) is 61.8 cm³/mol. The maximum atomic E-state index is 11.8. The van der Waals surface area contributed by atoms with E-state index in [1.54, 1.807) is 0 Å². The number of nitrogens with one attached hydrogen (secondary N) is 1. The second-order valence-electron chi connectivity index (χ2n) is 3.85. The van der Waals surface area contributed by atoms with E-state index in [2.05, 4.69) is 15.4 Å². The zero-order valence-corrected chi connectivity index (χ0v) is 10.0. The summed E-state index contributed by atoms with van der Waals surface area (Å²) in [5.74, 6) is 0.269. The molecule has 0 bridgehead atoms. The molecule has 0 aliphatic carbocycles. The van der Waals surface area contributed by atoms with Crippen molar-refractivity contribution >= 4 is 11.9 Å². The number of ether oxygens (including phenoxy) is 1. The first-order valence-corrected chi connectivity index (χ1v) is 5.24. The summed E-state index contributed by atoms with van der Waals surface area (Å²) in [6, 6.07) is 1.86. The molecule has 0 saturated carbocycles. The van der Waals surface area contributed by atoms with Crippen molar-refractivity contribution in [1.29, 1.82) is 0 Å². The van der Waals surface area contributed by atoms with Crippen molar-refractivity contribution < 1.29 is 9.53 Å². The van der Waals surface area contributed by atoms with Gasteiger partial charge in [0.25, 0.3) is 11.9 Å². The number of nitrogens with zero attached hydrogens (tertiary/aromatic N) is 3. The lowest BCUT2D eigenvalue weighted by Crippen LogP contribution is -2.35. The van der Waals surface area contributed by atoms with Crippen LogP contribution in [0.1, 0.15) is 17.8 Å². The number of amides is 1. The fourth-order valence-corrected chi connectivity index (χ4v) is 1.67. The Morgan fingerprint density at radius 2 is 2.06 bits per heavy atom. The van der Waals surface area contributed by atoms with Crippen molar-refractivity contribution in [1.82, 2.24) is 15.4 Å². The molecule has 6 nitrogen and oxygen atoms in total. The molecule has 6 heteroatoms. The van der Waals surface area contributed by atoms with Gasteiger partial charge in [-0.15, -0.1) is 0 Å². The third-order valence-corrected chi connectivity index (χ3v) is 2.28. The van der Waals surface area contributed by atoms with Gasteiger partial charge in [-0.05, 0) is 19.9 Å². The molecule has 1 saturated heterocycles. The van der Waals surface area contributed by atoms with Gasteiger partial charge < -0.3 is 4.74 Å². The first-order valence-electron chi connectivity index (χ1n) is 5.24. The molecular formula is C11H14N4O2. The third-order valence-electron chi connectivity index (χ3n) is 2.28. The summed E-state index contributed by atoms with van der Waals surface area (Å²) in [5, 5.41) is 1.34. The van der Waals surface area contributed by atoms with E-state index in [-0.39, 0.29) is 12.3 Å². The molecule has 17 heavy (non-hydrogen) atoms. The highest BCUT2D eigenvalue weighted by Crippen LogP contribution is 2.17. The Labute approximate surface area is 99.3 Å². The Morgan fingerprint density at radius 1 is 1.41 bits per heavy atom. The molecule has 0 atom stereocenters. The van der Waals surface area contributed by atoms with E-state index >= 15 is 0 Å². The van der Waals surface area contributed by atoms with Gasteiger partial charge in [-0.3, -0.25) is 10.2 Å². The molecule has 1 aromatic rings. The summed E-state index contributed by atoms with van der Waals surface area (Å²) in [7, 11) is 1.54. The fourth-order valence-electron chi connectivity index (χ4n) is 1.67. The topological polar surface area (TPSA) is 67.3 Å². The SMILES string of the molecule is CO/C=C1/CC(=O)N(c2nc(C)cc(C)n2)N1. The molecule has 1 N–H and O–H groups in total. The lowest BCUT2D eigenvalue weighted by atomic mass is 10.3. The average molecular weight is 234 g/mol. The van der Waals surface area contributed by atoms with Gasteiger partial charge in [-0.2, -0.15) is 5.01 Å². The van der Waals surface area contributed by atoms with Crippen LogP contribution in [0.2, 0.25) is 0 Å². The maximum absolute atomic E-state index is 11.8. The van der Waals surface area contributed by atoms with Crippen LogP contribution in [0.15, 0.2) is 18.0 Å². The first-order chi connectivity index (χ1) is 8.10. The number of methoxy groups -OCH3 is 1. The van der Waals surface area contributed by atoms with Gasteiger partial charge >= 0.3 is 0 Å². The molecule has 0 radical (unpaired) electrons. The van der Waals surface area contributed by atoms with Gasteiger partial charge in [0.15, 0.2) is 0 Å². The summed E-state index contributed by atoms with van der Waals surface area (Å²) < 4.78 is 4.86. The quantitative estimate of drug-likeness (QED) is 0.767. The highest BCUT2D eigenvalue weighted by Gasteiger charge is 2.28. The summed E-state index contributed by atoms with van der Waals surface area (Å²) in [6.07, 6.45) is 1.77. The number of rotatable bonds is 2. The van der Waals surface area contributed by atoms with E-state index in [0.717, 1.165) is 11.4 Å². The van der Waals surface area contributed by atoms with Crippen molar-refractivity contribution in [3.05, 3.63) is 29.4 Å². The Balaban J connectivity index is 2.29. The van der Waals surface area contributed by atoms with Crippen LogP contribution < -0.4 is 10.4 Å². The maximum Gasteiger partial charge on any atom is 0.254 e. The number of aryl methyl sites for hydroxylation is 2. The van der Waals surface area contributed by atoms with Gasteiger partial charge in [0.2, 0.25) is 0 Å². The molecule has 0 spiro atoms. The Bertz CT molecular complexity index is 464. The molecule has 90 valence electrons. The highest BCUT2D eigenvalue weighted by atomic mass is 16.5. The standard InChI is InChI=1S/C11H14N4O2/c1-7-4-8(2)13-11(12-7)15-10(16)5-9(14-15)6-17-3/h4,6,14H,5H2,1-3H3/b9-6-. The number of anilines is 1. The van der Waals surface area contributed by atoms with Gasteiger partial charge in [0.05, 0.1) is 19.2 Å². The monoisotopic (exact) mass is 234 g/mol.